The molecule has 1 aliphatic rings. The number of ether oxygens (including phenoxy) is 1. The van der Waals surface area contributed by atoms with Gasteiger partial charge >= 0.3 is 5.97 Å². The number of aromatic nitrogens is 5. The molecule has 9 heteroatoms. The van der Waals surface area contributed by atoms with Crippen molar-refractivity contribution in [1.82, 2.24) is 24.3 Å². The van der Waals surface area contributed by atoms with Crippen molar-refractivity contribution in [3.63, 3.8) is 0 Å². The van der Waals surface area contributed by atoms with Crippen LogP contribution in [0.5, 0.6) is 0 Å². The highest BCUT2D eigenvalue weighted by Crippen LogP contribution is 2.37. The number of benzene rings is 1. The minimum atomic E-state index is -1.07. The van der Waals surface area contributed by atoms with E-state index >= 15 is 0 Å². The van der Waals surface area contributed by atoms with E-state index in [9.17, 15) is 9.90 Å². The predicted molar refractivity (Wildman–Crippen MR) is 91.8 cm³/mol. The molecule has 128 valence electrons. The molecule has 0 bridgehead atoms. The lowest BCUT2D eigenvalue weighted by atomic mass is 10.0. The number of carboxylic acid groups (broad SMARTS) is 1. The molecular formula is C16H14BrN5O3. The Bertz CT molecular complexity index is 994. The third-order valence-electron chi connectivity index (χ3n) is 4.39. The van der Waals surface area contributed by atoms with Gasteiger partial charge in [-0.2, -0.15) is 5.10 Å². The van der Waals surface area contributed by atoms with Crippen LogP contribution >= 0.6 is 15.9 Å². The summed E-state index contributed by atoms with van der Waals surface area (Å²) in [5.41, 5.74) is 3.15. The molecule has 1 atom stereocenters. The number of halogens is 1. The molecule has 4 rings (SSSR count). The molecule has 8 nitrogen and oxygen atoms in total. The fraction of sp³-hybridized carbons (Fsp3) is 0.250. The number of aromatic carboxylic acids is 1. The lowest BCUT2D eigenvalue weighted by Crippen LogP contribution is -2.10. The van der Waals surface area contributed by atoms with E-state index in [1.165, 1.54) is 12.7 Å². The number of carboxylic acids is 1. The van der Waals surface area contributed by atoms with Crippen molar-refractivity contribution in [2.75, 3.05) is 7.11 Å². The second-order valence-electron chi connectivity index (χ2n) is 5.73. The zero-order chi connectivity index (χ0) is 17.7. The first-order chi connectivity index (χ1) is 12.0. The molecule has 0 saturated carbocycles. The van der Waals surface area contributed by atoms with Gasteiger partial charge in [0.05, 0.1) is 24.0 Å². The molecule has 1 unspecified atom stereocenters. The quantitative estimate of drug-likeness (QED) is 0.564. The van der Waals surface area contributed by atoms with E-state index in [2.05, 4.69) is 31.0 Å². The van der Waals surface area contributed by atoms with E-state index in [0.29, 0.717) is 11.5 Å². The van der Waals surface area contributed by atoms with Crippen molar-refractivity contribution >= 4 is 21.9 Å². The van der Waals surface area contributed by atoms with Crippen molar-refractivity contribution in [1.29, 1.82) is 0 Å². The van der Waals surface area contributed by atoms with E-state index in [0.717, 1.165) is 21.3 Å². The highest BCUT2D eigenvalue weighted by molar-refractivity contribution is 9.10. The van der Waals surface area contributed by atoms with Gasteiger partial charge < -0.3 is 9.84 Å². The number of rotatable bonds is 3. The van der Waals surface area contributed by atoms with Gasteiger partial charge in [-0.15, -0.1) is 0 Å². The van der Waals surface area contributed by atoms with Crippen LogP contribution in [0.3, 0.4) is 0 Å². The SMILES string of the molecule is COC(C)c1cc2c(cc1Br)-c1ncnn1Cc1c(C(=O)O)ncn1-2. The summed E-state index contributed by atoms with van der Waals surface area (Å²) in [5.74, 6) is -0.395. The predicted octanol–water partition coefficient (Wildman–Crippen LogP) is 2.66. The standard InChI is InChI=1S/C16H14BrN5O3/c1-8(25-2)9-4-12-10(3-11(9)17)15-18-6-20-22(15)5-13-14(16(23)24)19-7-21(12)13/h3-4,6-8H,5H2,1-2H3,(H,23,24). The zero-order valence-electron chi connectivity index (χ0n) is 13.5. The smallest absolute Gasteiger partial charge is 0.356 e. The van der Waals surface area contributed by atoms with Crippen molar-refractivity contribution in [3.8, 4) is 17.1 Å². The van der Waals surface area contributed by atoms with Gasteiger partial charge in [0, 0.05) is 17.1 Å². The van der Waals surface area contributed by atoms with E-state index < -0.39 is 5.97 Å². The number of hydrogen-bond donors (Lipinski definition) is 1. The minimum Gasteiger partial charge on any atom is -0.476 e. The van der Waals surface area contributed by atoms with Crippen LogP contribution in [0.1, 0.15) is 34.8 Å². The monoisotopic (exact) mass is 403 g/mol. The summed E-state index contributed by atoms with van der Waals surface area (Å²) in [6.07, 6.45) is 2.86. The molecule has 0 saturated heterocycles. The third-order valence-corrected chi connectivity index (χ3v) is 5.08. The van der Waals surface area contributed by atoms with Gasteiger partial charge in [-0.1, -0.05) is 15.9 Å². The number of imidazole rings is 1. The maximum absolute atomic E-state index is 11.5. The van der Waals surface area contributed by atoms with Crippen molar-refractivity contribution in [3.05, 3.63) is 46.2 Å². The Hall–Kier alpha value is -2.52. The van der Waals surface area contributed by atoms with Gasteiger partial charge in [0.25, 0.3) is 0 Å². The first-order valence-electron chi connectivity index (χ1n) is 7.55. The first kappa shape index (κ1) is 16.0. The van der Waals surface area contributed by atoms with Crippen LogP contribution in [0.2, 0.25) is 0 Å². The molecule has 0 radical (unpaired) electrons. The summed E-state index contributed by atoms with van der Waals surface area (Å²) in [6.45, 7) is 2.22. The summed E-state index contributed by atoms with van der Waals surface area (Å²) < 4.78 is 9.79. The van der Waals surface area contributed by atoms with E-state index in [1.54, 1.807) is 16.4 Å². The fourth-order valence-corrected chi connectivity index (χ4v) is 3.70. The highest BCUT2D eigenvalue weighted by Gasteiger charge is 2.27. The molecule has 25 heavy (non-hydrogen) atoms. The van der Waals surface area contributed by atoms with Crippen molar-refractivity contribution in [2.24, 2.45) is 0 Å². The Kier molecular flexibility index (Phi) is 3.69. The molecular weight excluding hydrogens is 390 g/mol. The average Bonchev–Trinajstić information content (AvgIpc) is 3.19. The van der Waals surface area contributed by atoms with Gasteiger partial charge in [0.2, 0.25) is 0 Å². The normalized spacial score (nSPS) is 13.6. The van der Waals surface area contributed by atoms with Crippen LogP contribution in [0, 0.1) is 0 Å². The summed E-state index contributed by atoms with van der Waals surface area (Å²) >= 11 is 3.59. The van der Waals surface area contributed by atoms with Crippen molar-refractivity contribution in [2.45, 2.75) is 19.6 Å². The molecule has 2 aromatic heterocycles. The van der Waals surface area contributed by atoms with Crippen LogP contribution < -0.4 is 0 Å². The molecule has 0 aliphatic carbocycles. The molecule has 1 aliphatic heterocycles. The molecule has 0 amide bonds. The lowest BCUT2D eigenvalue weighted by molar-refractivity contribution is 0.0689. The third kappa shape index (κ3) is 2.38. The second kappa shape index (κ2) is 5.78. The van der Waals surface area contributed by atoms with Crippen LogP contribution in [0.25, 0.3) is 17.1 Å². The maximum atomic E-state index is 11.5. The number of fused-ring (bicyclic) bond motifs is 5. The van der Waals surface area contributed by atoms with Crippen LogP contribution in [0.4, 0.5) is 0 Å². The summed E-state index contributed by atoms with van der Waals surface area (Å²) in [6, 6.07) is 3.92. The number of hydrogen-bond acceptors (Lipinski definition) is 5. The first-order valence-corrected chi connectivity index (χ1v) is 8.34. The number of carbonyl (C=O) groups is 1. The van der Waals surface area contributed by atoms with Crippen LogP contribution in [-0.2, 0) is 11.3 Å². The van der Waals surface area contributed by atoms with Gasteiger partial charge in [-0.05, 0) is 24.6 Å². The Morgan fingerprint density at radius 3 is 2.92 bits per heavy atom. The summed E-state index contributed by atoms with van der Waals surface area (Å²) in [7, 11) is 1.64. The fourth-order valence-electron chi connectivity index (χ4n) is 3.04. The molecule has 3 heterocycles. The Balaban J connectivity index is 2.05. The Labute approximate surface area is 151 Å². The second-order valence-corrected chi connectivity index (χ2v) is 6.58. The molecule has 0 spiro atoms. The molecule has 0 fully saturated rings. The molecule has 3 aromatic rings. The average molecular weight is 404 g/mol. The summed E-state index contributed by atoms with van der Waals surface area (Å²) in [4.78, 5) is 20.0. The van der Waals surface area contributed by atoms with Gasteiger partial charge in [0.15, 0.2) is 11.5 Å². The van der Waals surface area contributed by atoms with Gasteiger partial charge in [-0.3, -0.25) is 4.57 Å². The van der Waals surface area contributed by atoms with E-state index in [4.69, 9.17) is 4.74 Å². The summed E-state index contributed by atoms with van der Waals surface area (Å²) in [5, 5.41) is 13.7. The Morgan fingerprint density at radius 1 is 1.40 bits per heavy atom. The lowest BCUT2D eigenvalue weighted by Gasteiger charge is -2.17. The van der Waals surface area contributed by atoms with E-state index in [-0.39, 0.29) is 18.3 Å². The van der Waals surface area contributed by atoms with Gasteiger partial charge in [-0.25, -0.2) is 19.4 Å². The molecule has 1 N–H and O–H groups in total. The molecule has 1 aromatic carbocycles. The minimum absolute atomic E-state index is 0.0126. The zero-order valence-corrected chi connectivity index (χ0v) is 15.1. The highest BCUT2D eigenvalue weighted by atomic mass is 79.9. The van der Waals surface area contributed by atoms with Crippen LogP contribution in [0.15, 0.2) is 29.3 Å². The number of nitrogens with zero attached hydrogens (tertiary/aromatic N) is 5. The Morgan fingerprint density at radius 2 is 2.20 bits per heavy atom. The van der Waals surface area contributed by atoms with Crippen molar-refractivity contribution < 1.29 is 14.6 Å². The van der Waals surface area contributed by atoms with E-state index in [1.807, 2.05) is 19.1 Å². The maximum Gasteiger partial charge on any atom is 0.356 e. The van der Waals surface area contributed by atoms with Crippen LogP contribution in [-0.4, -0.2) is 42.5 Å². The van der Waals surface area contributed by atoms with Gasteiger partial charge in [0.1, 0.15) is 12.7 Å². The largest absolute Gasteiger partial charge is 0.476 e. The number of methoxy groups -OCH3 is 1. The topological polar surface area (TPSA) is 95.1 Å².